The summed E-state index contributed by atoms with van der Waals surface area (Å²) in [6.07, 6.45) is 1.14. The van der Waals surface area contributed by atoms with Gasteiger partial charge >= 0.3 is 0 Å². The lowest BCUT2D eigenvalue weighted by Gasteiger charge is -2.17. The van der Waals surface area contributed by atoms with Crippen molar-refractivity contribution >= 4 is 45.3 Å². The van der Waals surface area contributed by atoms with Crippen molar-refractivity contribution in [1.29, 1.82) is 0 Å². The smallest absolute Gasteiger partial charge is 0.264 e. The van der Waals surface area contributed by atoms with Gasteiger partial charge in [0.2, 0.25) is 5.91 Å². The molecular weight excluding hydrogens is 370 g/mol. The average Bonchev–Trinajstić information content (AvgIpc) is 3.31. The van der Waals surface area contributed by atoms with Gasteiger partial charge in [0, 0.05) is 17.5 Å². The maximum Gasteiger partial charge on any atom is 0.264 e. The van der Waals surface area contributed by atoms with Crippen molar-refractivity contribution in [1.82, 2.24) is 4.98 Å². The summed E-state index contributed by atoms with van der Waals surface area (Å²) in [5.74, 6) is 0.368. The first-order valence-corrected chi connectivity index (χ1v) is 9.78. The van der Waals surface area contributed by atoms with Crippen LogP contribution < -0.4 is 15.4 Å². The molecule has 0 aliphatic carbocycles. The number of ether oxygens (including phenoxy) is 1. The fraction of sp³-hybridized carbons (Fsp3) is 0.167. The number of carbonyl (C=O) groups is 2. The second kappa shape index (κ2) is 7.27. The average molecular weight is 385 g/mol. The minimum atomic E-state index is -0.261. The molecule has 3 heterocycles. The zero-order valence-corrected chi connectivity index (χ0v) is 15.3. The lowest BCUT2D eigenvalue weighted by atomic mass is 10.0. The molecule has 0 radical (unpaired) electrons. The van der Waals surface area contributed by atoms with Gasteiger partial charge in [-0.15, -0.1) is 22.7 Å². The molecule has 1 aromatic carbocycles. The third kappa shape index (κ3) is 3.76. The van der Waals surface area contributed by atoms with E-state index in [1.54, 1.807) is 23.5 Å². The molecule has 3 aromatic rings. The molecule has 0 bridgehead atoms. The number of rotatable bonds is 5. The molecule has 1 aliphatic rings. The van der Waals surface area contributed by atoms with E-state index in [0.29, 0.717) is 23.7 Å². The molecule has 4 rings (SSSR count). The fourth-order valence-corrected chi connectivity index (χ4v) is 4.11. The van der Waals surface area contributed by atoms with Crippen molar-refractivity contribution in [2.75, 3.05) is 17.2 Å². The highest BCUT2D eigenvalue weighted by atomic mass is 32.1. The Bertz CT molecular complexity index is 951. The van der Waals surface area contributed by atoms with E-state index < -0.39 is 0 Å². The van der Waals surface area contributed by atoms with Gasteiger partial charge in [0.05, 0.1) is 10.6 Å². The summed E-state index contributed by atoms with van der Waals surface area (Å²) in [5, 5.41) is 10.0. The van der Waals surface area contributed by atoms with Crippen LogP contribution in [0.15, 0.2) is 41.1 Å². The van der Waals surface area contributed by atoms with E-state index in [9.17, 15) is 9.59 Å². The van der Waals surface area contributed by atoms with Crippen LogP contribution in [0.3, 0.4) is 0 Å². The Balaban J connectivity index is 1.34. The topological polar surface area (TPSA) is 80.3 Å². The van der Waals surface area contributed by atoms with Crippen molar-refractivity contribution < 1.29 is 14.3 Å². The van der Waals surface area contributed by atoms with Crippen LogP contribution in [-0.2, 0) is 16.0 Å². The Kier molecular flexibility index (Phi) is 4.68. The minimum absolute atomic E-state index is 0.0240. The molecule has 0 unspecified atom stereocenters. The summed E-state index contributed by atoms with van der Waals surface area (Å²) in [6, 6.07) is 9.37. The highest BCUT2D eigenvalue weighted by Crippen LogP contribution is 2.29. The summed E-state index contributed by atoms with van der Waals surface area (Å²) in [4.78, 5) is 28.9. The van der Waals surface area contributed by atoms with Crippen molar-refractivity contribution in [3.05, 3.63) is 46.7 Å². The molecule has 26 heavy (non-hydrogen) atoms. The molecule has 2 N–H and O–H groups in total. The highest BCUT2D eigenvalue weighted by molar-refractivity contribution is 7.16. The van der Waals surface area contributed by atoms with Crippen molar-refractivity contribution in [2.24, 2.45) is 0 Å². The molecule has 0 spiro atoms. The number of anilines is 2. The molecule has 0 saturated heterocycles. The summed E-state index contributed by atoms with van der Waals surface area (Å²) >= 11 is 2.99. The SMILES string of the molecule is O=C(COc1ccc2c(c1)CCC(=O)N2)Nc1nc(-c2cccs2)cs1. The van der Waals surface area contributed by atoms with Gasteiger partial charge in [-0.25, -0.2) is 4.98 Å². The molecular formula is C18H15N3O3S2. The number of aromatic nitrogens is 1. The number of hydrogen-bond donors (Lipinski definition) is 2. The number of benzene rings is 1. The summed E-state index contributed by atoms with van der Waals surface area (Å²) in [6.45, 7) is -0.0982. The quantitative estimate of drug-likeness (QED) is 0.701. The van der Waals surface area contributed by atoms with Crippen LogP contribution in [0.25, 0.3) is 10.6 Å². The van der Waals surface area contributed by atoms with E-state index in [-0.39, 0.29) is 18.4 Å². The molecule has 1 aliphatic heterocycles. The number of thiophene rings is 1. The Morgan fingerprint density at radius 2 is 2.19 bits per heavy atom. The number of aryl methyl sites for hydroxylation is 1. The van der Waals surface area contributed by atoms with Gasteiger partial charge in [0.15, 0.2) is 11.7 Å². The van der Waals surface area contributed by atoms with E-state index in [0.717, 1.165) is 21.8 Å². The molecule has 0 saturated carbocycles. The lowest BCUT2D eigenvalue weighted by Crippen LogP contribution is -2.21. The van der Waals surface area contributed by atoms with Gasteiger partial charge in [-0.05, 0) is 41.6 Å². The minimum Gasteiger partial charge on any atom is -0.484 e. The molecule has 8 heteroatoms. The molecule has 132 valence electrons. The normalized spacial score (nSPS) is 13.0. The maximum atomic E-state index is 12.1. The first-order chi connectivity index (χ1) is 12.7. The molecule has 6 nitrogen and oxygen atoms in total. The molecule has 0 atom stereocenters. The van der Waals surface area contributed by atoms with Crippen molar-refractivity contribution in [3.63, 3.8) is 0 Å². The highest BCUT2D eigenvalue weighted by Gasteiger charge is 2.15. The van der Waals surface area contributed by atoms with Crippen LogP contribution in [0.4, 0.5) is 10.8 Å². The Morgan fingerprint density at radius 3 is 3.04 bits per heavy atom. The van der Waals surface area contributed by atoms with E-state index in [1.807, 2.05) is 29.0 Å². The molecule has 2 aromatic heterocycles. The van der Waals surface area contributed by atoms with Gasteiger partial charge < -0.3 is 10.1 Å². The zero-order chi connectivity index (χ0) is 17.9. The van der Waals surface area contributed by atoms with E-state index in [4.69, 9.17) is 4.74 Å². The van der Waals surface area contributed by atoms with Gasteiger partial charge in [-0.2, -0.15) is 0 Å². The number of hydrogen-bond acceptors (Lipinski definition) is 6. The number of fused-ring (bicyclic) bond motifs is 1. The van der Waals surface area contributed by atoms with E-state index in [1.165, 1.54) is 11.3 Å². The van der Waals surface area contributed by atoms with Crippen LogP contribution in [0.5, 0.6) is 5.75 Å². The van der Waals surface area contributed by atoms with Crippen LogP contribution in [0.2, 0.25) is 0 Å². The van der Waals surface area contributed by atoms with Crippen LogP contribution in [0, 0.1) is 0 Å². The van der Waals surface area contributed by atoms with Crippen LogP contribution >= 0.6 is 22.7 Å². The number of nitrogens with one attached hydrogen (secondary N) is 2. The van der Waals surface area contributed by atoms with E-state index in [2.05, 4.69) is 15.6 Å². The third-order valence-electron chi connectivity index (χ3n) is 3.87. The van der Waals surface area contributed by atoms with Crippen LogP contribution in [0.1, 0.15) is 12.0 Å². The predicted molar refractivity (Wildman–Crippen MR) is 103 cm³/mol. The number of thiazole rings is 1. The third-order valence-corrected chi connectivity index (χ3v) is 5.52. The van der Waals surface area contributed by atoms with Crippen molar-refractivity contribution in [2.45, 2.75) is 12.8 Å². The Hall–Kier alpha value is -2.71. The Labute approximate surface area is 157 Å². The number of amides is 2. The summed E-state index contributed by atoms with van der Waals surface area (Å²) < 4.78 is 5.57. The maximum absolute atomic E-state index is 12.1. The second-order valence-electron chi connectivity index (χ2n) is 5.72. The lowest BCUT2D eigenvalue weighted by molar-refractivity contribution is -0.118. The monoisotopic (exact) mass is 385 g/mol. The standard InChI is InChI=1S/C18H15N3O3S2/c22-16-6-3-11-8-12(4-5-13(11)19-16)24-9-17(23)21-18-20-14(10-26-18)15-2-1-7-25-15/h1-2,4-5,7-8,10H,3,6,9H2,(H,19,22)(H,20,21,23). The summed E-state index contributed by atoms with van der Waals surface area (Å²) in [5.41, 5.74) is 2.68. The van der Waals surface area contributed by atoms with E-state index >= 15 is 0 Å². The van der Waals surface area contributed by atoms with Gasteiger partial charge in [-0.3, -0.25) is 14.9 Å². The fourth-order valence-electron chi connectivity index (χ4n) is 2.62. The second-order valence-corrected chi connectivity index (χ2v) is 7.52. The number of carbonyl (C=O) groups excluding carboxylic acids is 2. The summed E-state index contributed by atoms with van der Waals surface area (Å²) in [7, 11) is 0. The molecule has 0 fully saturated rings. The van der Waals surface area contributed by atoms with Crippen LogP contribution in [-0.4, -0.2) is 23.4 Å². The zero-order valence-electron chi connectivity index (χ0n) is 13.7. The Morgan fingerprint density at radius 1 is 1.27 bits per heavy atom. The molecule has 2 amide bonds. The van der Waals surface area contributed by atoms with Gasteiger partial charge in [-0.1, -0.05) is 6.07 Å². The van der Waals surface area contributed by atoms with Crippen molar-refractivity contribution in [3.8, 4) is 16.3 Å². The number of nitrogens with zero attached hydrogens (tertiary/aromatic N) is 1. The first-order valence-electron chi connectivity index (χ1n) is 8.02. The first kappa shape index (κ1) is 16.7. The van der Waals surface area contributed by atoms with Gasteiger partial charge in [0.1, 0.15) is 5.75 Å². The predicted octanol–water partition coefficient (Wildman–Crippen LogP) is 3.77. The van der Waals surface area contributed by atoms with Gasteiger partial charge in [0.25, 0.3) is 5.91 Å². The largest absolute Gasteiger partial charge is 0.484 e.